The molecule has 0 spiro atoms. The number of carbonyl (C=O) groups excluding carboxylic acids is 1. The van der Waals surface area contributed by atoms with E-state index in [2.05, 4.69) is 27.4 Å². The molecule has 7 nitrogen and oxygen atoms in total. The highest BCUT2D eigenvalue weighted by Gasteiger charge is 2.22. The van der Waals surface area contributed by atoms with Gasteiger partial charge in [0, 0.05) is 50.3 Å². The molecule has 1 aromatic rings. The lowest BCUT2D eigenvalue weighted by Gasteiger charge is -2.30. The predicted octanol–water partition coefficient (Wildman–Crippen LogP) is 1.67. The van der Waals surface area contributed by atoms with E-state index < -0.39 is 0 Å². The smallest absolute Gasteiger partial charge is 0.219 e. The van der Waals surface area contributed by atoms with Gasteiger partial charge in [0.1, 0.15) is 11.7 Å². The van der Waals surface area contributed by atoms with Gasteiger partial charge in [-0.25, -0.2) is 9.98 Å². The van der Waals surface area contributed by atoms with Crippen LogP contribution in [-0.4, -0.2) is 41.8 Å². The van der Waals surface area contributed by atoms with Gasteiger partial charge >= 0.3 is 0 Å². The van der Waals surface area contributed by atoms with Gasteiger partial charge in [0.25, 0.3) is 0 Å². The Hall–Kier alpha value is -3.09. The van der Waals surface area contributed by atoms with Gasteiger partial charge in [-0.05, 0) is 24.1 Å². The first kappa shape index (κ1) is 18.7. The number of pyridine rings is 1. The number of hydrogen-bond acceptors (Lipinski definition) is 5. The van der Waals surface area contributed by atoms with Crippen LogP contribution in [0.15, 0.2) is 58.5 Å². The summed E-state index contributed by atoms with van der Waals surface area (Å²) in [5.41, 5.74) is 15.8. The van der Waals surface area contributed by atoms with Crippen LogP contribution in [0, 0.1) is 0 Å². The van der Waals surface area contributed by atoms with Crippen molar-refractivity contribution in [1.82, 2.24) is 15.2 Å². The summed E-state index contributed by atoms with van der Waals surface area (Å²) in [6.07, 6.45) is 9.54. The third-order valence-corrected chi connectivity index (χ3v) is 4.97. The highest BCUT2D eigenvalue weighted by Crippen LogP contribution is 2.27. The molecule has 0 saturated heterocycles. The summed E-state index contributed by atoms with van der Waals surface area (Å²) in [6.45, 7) is 2.76. The van der Waals surface area contributed by atoms with E-state index in [9.17, 15) is 4.79 Å². The molecule has 0 bridgehead atoms. The van der Waals surface area contributed by atoms with Gasteiger partial charge in [0.2, 0.25) is 5.91 Å². The number of nitrogens with zero attached hydrogens (tertiary/aromatic N) is 3. The number of hydrogen-bond donors (Lipinski definition) is 3. The molecule has 1 aliphatic heterocycles. The molecule has 1 amide bonds. The largest absolute Gasteiger partial charge is 0.391 e. The van der Waals surface area contributed by atoms with Gasteiger partial charge in [-0.1, -0.05) is 18.2 Å². The van der Waals surface area contributed by atoms with E-state index in [0.717, 1.165) is 35.4 Å². The number of aliphatic imine (C=N–C) groups is 1. The Bertz CT molecular complexity index is 835. The average molecular weight is 366 g/mol. The minimum atomic E-state index is 0.0483. The van der Waals surface area contributed by atoms with E-state index >= 15 is 0 Å². The molecule has 1 aliphatic carbocycles. The summed E-state index contributed by atoms with van der Waals surface area (Å²) < 4.78 is 0. The third-order valence-electron chi connectivity index (χ3n) is 4.97. The fourth-order valence-corrected chi connectivity index (χ4v) is 3.33. The Balaban J connectivity index is 1.74. The number of aromatic nitrogens is 1. The number of rotatable bonds is 4. The topological polar surface area (TPSA) is 110 Å². The second-order valence-electron chi connectivity index (χ2n) is 6.74. The number of anilines is 1. The lowest BCUT2D eigenvalue weighted by Crippen LogP contribution is -2.40. The number of allylic oxidation sites excluding steroid dienone is 3. The van der Waals surface area contributed by atoms with Crippen molar-refractivity contribution in [3.63, 3.8) is 0 Å². The van der Waals surface area contributed by atoms with Crippen molar-refractivity contribution in [2.24, 2.45) is 10.7 Å². The predicted molar refractivity (Wildman–Crippen MR) is 108 cm³/mol. The summed E-state index contributed by atoms with van der Waals surface area (Å²) in [4.78, 5) is 22.2. The van der Waals surface area contributed by atoms with Gasteiger partial charge in [0.05, 0.1) is 12.2 Å². The number of amidine groups is 1. The molecular weight excluding hydrogens is 340 g/mol. The summed E-state index contributed by atoms with van der Waals surface area (Å²) in [6, 6.07) is 3.81. The van der Waals surface area contributed by atoms with Crippen LogP contribution in [0.2, 0.25) is 0 Å². The molecule has 1 unspecified atom stereocenters. The monoisotopic (exact) mass is 366 g/mol. The molecule has 3 rings (SSSR count). The molecule has 0 fully saturated rings. The quantitative estimate of drug-likeness (QED) is 0.555. The SMILES string of the molecule is CNC1=C(C(N)=NC2=CCC(c3ccc(N)nc3)C=C2)CN(C(C)=O)CC1. The lowest BCUT2D eigenvalue weighted by molar-refractivity contribution is -0.128. The fourth-order valence-electron chi connectivity index (χ4n) is 3.33. The molecule has 2 heterocycles. The first-order valence-electron chi connectivity index (χ1n) is 9.07. The van der Waals surface area contributed by atoms with Gasteiger partial charge in [-0.2, -0.15) is 0 Å². The fraction of sp³-hybridized carbons (Fsp3) is 0.350. The van der Waals surface area contributed by atoms with Gasteiger partial charge < -0.3 is 21.7 Å². The van der Waals surface area contributed by atoms with E-state index in [4.69, 9.17) is 11.5 Å². The van der Waals surface area contributed by atoms with E-state index in [1.807, 2.05) is 31.5 Å². The van der Waals surface area contributed by atoms with Crippen LogP contribution in [0.25, 0.3) is 0 Å². The van der Waals surface area contributed by atoms with Crippen LogP contribution in [-0.2, 0) is 4.79 Å². The van der Waals surface area contributed by atoms with E-state index in [0.29, 0.717) is 24.7 Å². The normalized spacial score (nSPS) is 20.5. The third kappa shape index (κ3) is 4.36. The first-order valence-corrected chi connectivity index (χ1v) is 9.07. The van der Waals surface area contributed by atoms with Crippen LogP contribution in [0.5, 0.6) is 0 Å². The molecule has 0 aromatic carbocycles. The maximum Gasteiger partial charge on any atom is 0.219 e. The Morgan fingerprint density at radius 3 is 2.81 bits per heavy atom. The van der Waals surface area contributed by atoms with Crippen LogP contribution in [0.1, 0.15) is 31.2 Å². The van der Waals surface area contributed by atoms with Gasteiger partial charge in [-0.15, -0.1) is 0 Å². The number of amides is 1. The lowest BCUT2D eigenvalue weighted by atomic mass is 9.93. The molecule has 2 aliphatic rings. The van der Waals surface area contributed by atoms with Crippen molar-refractivity contribution in [1.29, 1.82) is 0 Å². The molecule has 0 saturated carbocycles. The Kier molecular flexibility index (Phi) is 5.59. The highest BCUT2D eigenvalue weighted by molar-refractivity contribution is 5.99. The van der Waals surface area contributed by atoms with Gasteiger partial charge in [-0.3, -0.25) is 4.79 Å². The van der Waals surface area contributed by atoms with Crippen molar-refractivity contribution < 1.29 is 4.79 Å². The molecule has 1 atom stereocenters. The standard InChI is InChI=1S/C20H26N6O/c1-13(27)26-10-9-18(23-2)17(12-26)20(22)25-16-6-3-14(4-7-16)15-5-8-19(21)24-11-15/h3,5-8,11,14,23H,4,9-10,12H2,1-2H3,(H2,21,24)(H2,22,25). The van der Waals surface area contributed by atoms with Crippen LogP contribution >= 0.6 is 0 Å². The first-order chi connectivity index (χ1) is 13.0. The van der Waals surface area contributed by atoms with E-state index in [1.165, 1.54) is 0 Å². The summed E-state index contributed by atoms with van der Waals surface area (Å²) in [7, 11) is 1.87. The molecular formula is C20H26N6O. The number of nitrogens with one attached hydrogen (secondary N) is 1. The molecule has 1 aromatic heterocycles. The molecule has 7 heteroatoms. The zero-order valence-corrected chi connectivity index (χ0v) is 15.8. The maximum absolute atomic E-state index is 11.7. The summed E-state index contributed by atoms with van der Waals surface area (Å²) in [5.74, 6) is 1.28. The van der Waals surface area contributed by atoms with Crippen LogP contribution in [0.4, 0.5) is 5.82 Å². The van der Waals surface area contributed by atoms with Crippen molar-refractivity contribution in [3.05, 3.63) is 59.1 Å². The second kappa shape index (κ2) is 8.07. The Morgan fingerprint density at radius 1 is 1.41 bits per heavy atom. The second-order valence-corrected chi connectivity index (χ2v) is 6.74. The van der Waals surface area contributed by atoms with Crippen molar-refractivity contribution in [2.75, 3.05) is 25.9 Å². The number of nitrogens with two attached hydrogens (primary N) is 2. The molecule has 5 N–H and O–H groups in total. The van der Waals surface area contributed by atoms with Crippen molar-refractivity contribution in [3.8, 4) is 0 Å². The zero-order valence-electron chi connectivity index (χ0n) is 15.8. The summed E-state index contributed by atoms with van der Waals surface area (Å²) >= 11 is 0. The summed E-state index contributed by atoms with van der Waals surface area (Å²) in [5, 5.41) is 3.19. The average Bonchev–Trinajstić information content (AvgIpc) is 2.68. The van der Waals surface area contributed by atoms with Crippen molar-refractivity contribution >= 4 is 17.6 Å². The van der Waals surface area contributed by atoms with Crippen LogP contribution in [0.3, 0.4) is 0 Å². The number of nitrogen functional groups attached to an aromatic ring is 1. The molecule has 27 heavy (non-hydrogen) atoms. The Morgan fingerprint density at radius 2 is 2.22 bits per heavy atom. The van der Waals surface area contributed by atoms with Gasteiger partial charge in [0.15, 0.2) is 0 Å². The van der Waals surface area contributed by atoms with Crippen molar-refractivity contribution in [2.45, 2.75) is 25.7 Å². The van der Waals surface area contributed by atoms with E-state index in [1.54, 1.807) is 11.8 Å². The zero-order chi connectivity index (χ0) is 19.4. The maximum atomic E-state index is 11.7. The molecule has 0 radical (unpaired) electrons. The minimum Gasteiger partial charge on any atom is -0.391 e. The highest BCUT2D eigenvalue weighted by atomic mass is 16.2. The van der Waals surface area contributed by atoms with Crippen LogP contribution < -0.4 is 16.8 Å². The number of carbonyl (C=O) groups is 1. The minimum absolute atomic E-state index is 0.0483. The van der Waals surface area contributed by atoms with E-state index in [-0.39, 0.29) is 11.8 Å². The Labute approximate surface area is 159 Å². The molecule has 142 valence electrons.